The molecule has 7 aliphatic rings. The molecule has 2 N–H and O–H groups in total. The van der Waals surface area contributed by atoms with Crippen molar-refractivity contribution < 1.29 is 24.1 Å². The standard InChI is InChI=1S/C35H59NO5/c1-8-38-29(31(4,5)37)23-10-9-22-24(40-23)19-33(7)26-12-11-25-30(2,3)27(41-28-20-36-17-18-39-28)13-14-34(25)21-35(26,34)16-15-32(22,33)6/h22-29,36-37H,8-21H2,1-7H3/t22-,23?,24?,25-,26?,27-,28?,29-,32?,33-,34?,35?/m0/s1. The lowest BCUT2D eigenvalue weighted by molar-refractivity contribution is -0.235. The molecule has 0 amide bonds. The van der Waals surface area contributed by atoms with Crippen LogP contribution in [0.1, 0.15) is 113 Å². The summed E-state index contributed by atoms with van der Waals surface area (Å²) in [5, 5.41) is 14.4. The Bertz CT molecular complexity index is 1010. The van der Waals surface area contributed by atoms with Gasteiger partial charge in [-0.3, -0.25) is 0 Å². The minimum Gasteiger partial charge on any atom is -0.388 e. The van der Waals surface area contributed by atoms with Gasteiger partial charge in [0, 0.05) is 19.7 Å². The molecule has 6 nitrogen and oxygen atoms in total. The largest absolute Gasteiger partial charge is 0.388 e. The highest BCUT2D eigenvalue weighted by Crippen LogP contribution is 2.89. The molecule has 2 spiro atoms. The molecule has 234 valence electrons. The van der Waals surface area contributed by atoms with E-state index in [9.17, 15) is 5.11 Å². The summed E-state index contributed by atoms with van der Waals surface area (Å²) < 4.78 is 25.8. The lowest BCUT2D eigenvalue weighted by Crippen LogP contribution is -2.58. The summed E-state index contributed by atoms with van der Waals surface area (Å²) in [4.78, 5) is 0. The minimum atomic E-state index is -0.898. The topological polar surface area (TPSA) is 69.2 Å². The number of ether oxygens (including phenoxy) is 4. The first-order valence-corrected chi connectivity index (χ1v) is 17.3. The maximum Gasteiger partial charge on any atom is 0.170 e. The lowest BCUT2D eigenvalue weighted by Gasteiger charge is -2.63. The zero-order chi connectivity index (χ0) is 29.1. The van der Waals surface area contributed by atoms with Crippen molar-refractivity contribution in [3.63, 3.8) is 0 Å². The predicted octanol–water partition coefficient (Wildman–Crippen LogP) is 6.09. The summed E-state index contributed by atoms with van der Waals surface area (Å²) in [6.45, 7) is 19.3. The van der Waals surface area contributed by atoms with Crippen molar-refractivity contribution in [2.24, 2.45) is 44.8 Å². The normalized spacial score (nSPS) is 52.8. The fourth-order valence-corrected chi connectivity index (χ4v) is 13.0. The van der Waals surface area contributed by atoms with Gasteiger partial charge in [0.1, 0.15) is 6.10 Å². The second-order valence-electron chi connectivity index (χ2n) is 17.1. The molecule has 7 unspecified atom stereocenters. The SMILES string of the molecule is CCO[C@@H](C1CC[C@H]2C(C[C@@]3(C)C4CC[C@H]5C(C)(C)[C@@H](OC6CNCCO6)CCC56CC46CCC23C)O1)C(C)(C)O. The van der Waals surface area contributed by atoms with E-state index in [1.165, 1.54) is 57.8 Å². The van der Waals surface area contributed by atoms with E-state index >= 15 is 0 Å². The number of morpholine rings is 1. The first-order chi connectivity index (χ1) is 19.3. The van der Waals surface area contributed by atoms with Crippen molar-refractivity contribution in [2.75, 3.05) is 26.3 Å². The number of rotatable bonds is 6. The van der Waals surface area contributed by atoms with Crippen LogP contribution in [0.4, 0.5) is 0 Å². The van der Waals surface area contributed by atoms with Crippen molar-refractivity contribution in [2.45, 2.75) is 149 Å². The van der Waals surface area contributed by atoms with Gasteiger partial charge < -0.3 is 29.4 Å². The van der Waals surface area contributed by atoms with Crippen LogP contribution in [-0.4, -0.2) is 67.7 Å². The van der Waals surface area contributed by atoms with Crippen molar-refractivity contribution in [3.05, 3.63) is 0 Å². The highest BCUT2D eigenvalue weighted by Gasteiger charge is 2.83. The molecule has 2 saturated heterocycles. The highest BCUT2D eigenvalue weighted by atomic mass is 16.7. The Morgan fingerprint density at radius 2 is 1.71 bits per heavy atom. The van der Waals surface area contributed by atoms with Gasteiger partial charge in [0.05, 0.1) is 30.5 Å². The van der Waals surface area contributed by atoms with E-state index in [1.54, 1.807) is 0 Å². The monoisotopic (exact) mass is 573 g/mol. The van der Waals surface area contributed by atoms with Gasteiger partial charge in [-0.25, -0.2) is 0 Å². The quantitative estimate of drug-likeness (QED) is 0.401. The Labute approximate surface area is 249 Å². The van der Waals surface area contributed by atoms with Crippen molar-refractivity contribution in [1.29, 1.82) is 0 Å². The van der Waals surface area contributed by atoms with Crippen LogP contribution in [0.15, 0.2) is 0 Å². The van der Waals surface area contributed by atoms with Gasteiger partial charge in [-0.05, 0) is 130 Å². The van der Waals surface area contributed by atoms with Gasteiger partial charge in [-0.2, -0.15) is 0 Å². The molecule has 5 aliphatic carbocycles. The summed E-state index contributed by atoms with van der Waals surface area (Å²) in [5.74, 6) is 2.17. The van der Waals surface area contributed by atoms with E-state index in [0.717, 1.165) is 38.0 Å². The summed E-state index contributed by atoms with van der Waals surface area (Å²) in [7, 11) is 0. The molecule has 5 saturated carbocycles. The van der Waals surface area contributed by atoms with Crippen molar-refractivity contribution >= 4 is 0 Å². The molecule has 0 aromatic carbocycles. The molecule has 7 fully saturated rings. The number of nitrogens with one attached hydrogen (secondary N) is 1. The summed E-state index contributed by atoms with van der Waals surface area (Å²) in [5.41, 5.74) is 0.965. The maximum atomic E-state index is 10.9. The van der Waals surface area contributed by atoms with Gasteiger partial charge in [-0.15, -0.1) is 0 Å². The Hall–Kier alpha value is -0.240. The number of fused-ring (bicyclic) bond motifs is 4. The van der Waals surface area contributed by atoms with Crippen LogP contribution in [0.25, 0.3) is 0 Å². The molecule has 0 radical (unpaired) electrons. The molecule has 7 rings (SSSR count). The van der Waals surface area contributed by atoms with Gasteiger partial charge in [0.25, 0.3) is 0 Å². The van der Waals surface area contributed by atoms with E-state index in [1.807, 2.05) is 20.8 Å². The van der Waals surface area contributed by atoms with E-state index in [-0.39, 0.29) is 30.0 Å². The molecule has 0 aromatic heterocycles. The number of aliphatic hydroxyl groups is 1. The predicted molar refractivity (Wildman–Crippen MR) is 159 cm³/mol. The molecular weight excluding hydrogens is 514 g/mol. The summed E-state index contributed by atoms with van der Waals surface area (Å²) in [6.07, 6.45) is 13.0. The van der Waals surface area contributed by atoms with Crippen LogP contribution in [0.3, 0.4) is 0 Å². The first kappa shape index (κ1) is 29.5. The third kappa shape index (κ3) is 4.02. The van der Waals surface area contributed by atoms with Crippen LogP contribution in [-0.2, 0) is 18.9 Å². The molecular formula is C35H59NO5. The van der Waals surface area contributed by atoms with Crippen molar-refractivity contribution in [1.82, 2.24) is 5.32 Å². The van der Waals surface area contributed by atoms with Gasteiger partial charge in [0.15, 0.2) is 6.29 Å². The van der Waals surface area contributed by atoms with Crippen LogP contribution in [0.5, 0.6) is 0 Å². The van der Waals surface area contributed by atoms with Crippen LogP contribution in [0, 0.1) is 44.8 Å². The van der Waals surface area contributed by atoms with E-state index in [0.29, 0.717) is 40.3 Å². The Morgan fingerprint density at radius 3 is 2.41 bits per heavy atom. The summed E-state index contributed by atoms with van der Waals surface area (Å²) >= 11 is 0. The Kier molecular flexibility index (Phi) is 6.92. The molecule has 41 heavy (non-hydrogen) atoms. The molecule has 0 bridgehead atoms. The lowest BCUT2D eigenvalue weighted by atomic mass is 9.42. The zero-order valence-electron chi connectivity index (χ0n) is 27.1. The second-order valence-corrected chi connectivity index (χ2v) is 17.1. The highest BCUT2D eigenvalue weighted by molar-refractivity contribution is 5.31. The molecule has 2 heterocycles. The summed E-state index contributed by atoms with van der Waals surface area (Å²) in [6, 6.07) is 0. The molecule has 0 aromatic rings. The van der Waals surface area contributed by atoms with Gasteiger partial charge in [-0.1, -0.05) is 27.7 Å². The van der Waals surface area contributed by atoms with Gasteiger partial charge >= 0.3 is 0 Å². The Morgan fingerprint density at radius 1 is 0.951 bits per heavy atom. The van der Waals surface area contributed by atoms with E-state index in [2.05, 4.69) is 33.0 Å². The van der Waals surface area contributed by atoms with Crippen LogP contribution < -0.4 is 5.32 Å². The van der Waals surface area contributed by atoms with Crippen molar-refractivity contribution in [3.8, 4) is 0 Å². The number of hydrogen-bond acceptors (Lipinski definition) is 6. The second kappa shape index (κ2) is 9.63. The zero-order valence-corrected chi connectivity index (χ0v) is 27.1. The molecule has 2 aliphatic heterocycles. The first-order valence-electron chi connectivity index (χ1n) is 17.3. The Balaban J connectivity index is 1.11. The average Bonchev–Trinajstić information content (AvgIpc) is 3.52. The number of hydrogen-bond donors (Lipinski definition) is 2. The van der Waals surface area contributed by atoms with E-state index < -0.39 is 5.60 Å². The van der Waals surface area contributed by atoms with Gasteiger partial charge in [0.2, 0.25) is 0 Å². The van der Waals surface area contributed by atoms with Crippen LogP contribution >= 0.6 is 0 Å². The average molecular weight is 574 g/mol. The maximum absolute atomic E-state index is 10.9. The molecule has 12 atom stereocenters. The fourth-order valence-electron chi connectivity index (χ4n) is 13.0. The van der Waals surface area contributed by atoms with Crippen LogP contribution in [0.2, 0.25) is 0 Å². The molecule has 6 heteroatoms. The third-order valence-corrected chi connectivity index (χ3v) is 14.9. The third-order valence-electron chi connectivity index (χ3n) is 14.9. The minimum absolute atomic E-state index is 0.0139. The fraction of sp³-hybridized carbons (Fsp3) is 1.00. The van der Waals surface area contributed by atoms with E-state index in [4.69, 9.17) is 18.9 Å². The smallest absolute Gasteiger partial charge is 0.170 e.